The van der Waals surface area contributed by atoms with Crippen LogP contribution >= 0.6 is 11.8 Å². The molecule has 0 radical (unpaired) electrons. The highest BCUT2D eigenvalue weighted by atomic mass is 32.2. The zero-order valence-corrected chi connectivity index (χ0v) is 8.74. The number of esters is 1. The van der Waals surface area contributed by atoms with Gasteiger partial charge >= 0.3 is 5.97 Å². The Morgan fingerprint density at radius 3 is 2.83 bits per heavy atom. The lowest BCUT2D eigenvalue weighted by molar-refractivity contribution is -0.141. The third kappa shape index (κ3) is 6.49. The minimum atomic E-state index is -0.154. The average molecular weight is 191 g/mol. The quantitative estimate of drug-likeness (QED) is 0.500. The van der Waals surface area contributed by atoms with Gasteiger partial charge in [0.1, 0.15) is 0 Å². The Morgan fingerprint density at radius 2 is 2.33 bits per heavy atom. The molecule has 0 aromatic rings. The first kappa shape index (κ1) is 11.8. The molecule has 0 aliphatic carbocycles. The summed E-state index contributed by atoms with van der Waals surface area (Å²) in [4.78, 5) is 10.8. The molecule has 0 saturated carbocycles. The van der Waals surface area contributed by atoms with Gasteiger partial charge in [0.15, 0.2) is 0 Å². The zero-order chi connectivity index (χ0) is 9.40. The van der Waals surface area contributed by atoms with Crippen LogP contribution in [0.3, 0.4) is 0 Å². The van der Waals surface area contributed by atoms with Gasteiger partial charge in [-0.05, 0) is 13.2 Å². The van der Waals surface area contributed by atoms with Crippen molar-refractivity contribution in [3.8, 4) is 0 Å². The Balaban J connectivity index is 3.32. The molecule has 0 heterocycles. The Kier molecular flexibility index (Phi) is 7.29. The fourth-order valence-electron chi connectivity index (χ4n) is 0.813. The summed E-state index contributed by atoms with van der Waals surface area (Å²) in [6.45, 7) is 2.93. The van der Waals surface area contributed by atoms with E-state index in [9.17, 15) is 4.79 Å². The lowest BCUT2D eigenvalue weighted by atomic mass is 10.2. The van der Waals surface area contributed by atoms with Crippen LogP contribution in [0.25, 0.3) is 0 Å². The van der Waals surface area contributed by atoms with Gasteiger partial charge in [0, 0.05) is 18.3 Å². The number of methoxy groups -OCH3 is 1. The monoisotopic (exact) mass is 191 g/mol. The Bertz CT molecular complexity index is 130. The zero-order valence-electron chi connectivity index (χ0n) is 7.92. The molecule has 0 aliphatic rings. The van der Waals surface area contributed by atoms with Crippen LogP contribution < -0.4 is 5.32 Å². The summed E-state index contributed by atoms with van der Waals surface area (Å²) in [5, 5.41) is 3.23. The Hall–Kier alpha value is -0.220. The molecule has 4 heteroatoms. The predicted octanol–water partition coefficient (Wildman–Crippen LogP) is 0.891. The second-order valence-electron chi connectivity index (χ2n) is 2.63. The van der Waals surface area contributed by atoms with Crippen molar-refractivity contribution in [1.82, 2.24) is 5.32 Å². The number of carbonyl (C=O) groups is 1. The number of ether oxygens (including phenoxy) is 1. The number of hydrogen-bond donors (Lipinski definition) is 1. The highest BCUT2D eigenvalue weighted by molar-refractivity contribution is 7.98. The van der Waals surface area contributed by atoms with Crippen molar-refractivity contribution >= 4 is 17.7 Å². The van der Waals surface area contributed by atoms with E-state index in [1.807, 2.05) is 6.92 Å². The van der Waals surface area contributed by atoms with Gasteiger partial charge < -0.3 is 10.1 Å². The van der Waals surface area contributed by atoms with Crippen molar-refractivity contribution in [3.05, 3.63) is 0 Å². The first-order chi connectivity index (χ1) is 5.70. The van der Waals surface area contributed by atoms with E-state index in [4.69, 9.17) is 0 Å². The maximum Gasteiger partial charge on any atom is 0.307 e. The van der Waals surface area contributed by atoms with Gasteiger partial charge in [-0.3, -0.25) is 4.79 Å². The number of hydrogen-bond acceptors (Lipinski definition) is 4. The molecule has 0 saturated heterocycles. The van der Waals surface area contributed by atoms with Crippen LogP contribution in [0.2, 0.25) is 0 Å². The van der Waals surface area contributed by atoms with Gasteiger partial charge in [-0.15, -0.1) is 0 Å². The van der Waals surface area contributed by atoms with E-state index in [2.05, 4.69) is 16.3 Å². The summed E-state index contributed by atoms with van der Waals surface area (Å²) in [7, 11) is 1.41. The van der Waals surface area contributed by atoms with Crippen molar-refractivity contribution in [2.45, 2.75) is 19.4 Å². The minimum absolute atomic E-state index is 0.154. The molecular formula is C8H17NO2S. The third-order valence-electron chi connectivity index (χ3n) is 1.50. The molecule has 0 spiro atoms. The molecule has 72 valence electrons. The van der Waals surface area contributed by atoms with E-state index in [1.165, 1.54) is 7.11 Å². The van der Waals surface area contributed by atoms with Crippen LogP contribution in [-0.2, 0) is 9.53 Å². The highest BCUT2D eigenvalue weighted by Gasteiger charge is 2.06. The fourth-order valence-corrected chi connectivity index (χ4v) is 1.13. The van der Waals surface area contributed by atoms with Crippen molar-refractivity contribution in [1.29, 1.82) is 0 Å². The van der Waals surface area contributed by atoms with Crippen LogP contribution in [0.4, 0.5) is 0 Å². The van der Waals surface area contributed by atoms with E-state index >= 15 is 0 Å². The first-order valence-corrected chi connectivity index (χ1v) is 5.39. The molecule has 1 atom stereocenters. The summed E-state index contributed by atoms with van der Waals surface area (Å²) >= 11 is 1.79. The van der Waals surface area contributed by atoms with Crippen molar-refractivity contribution in [2.75, 3.05) is 25.7 Å². The number of nitrogens with one attached hydrogen (secondary N) is 1. The first-order valence-electron chi connectivity index (χ1n) is 3.99. The summed E-state index contributed by atoms with van der Waals surface area (Å²) in [6, 6.07) is 0.213. The van der Waals surface area contributed by atoms with E-state index in [0.717, 1.165) is 12.3 Å². The molecular weight excluding hydrogens is 174 g/mol. The Morgan fingerprint density at radius 1 is 1.67 bits per heavy atom. The van der Waals surface area contributed by atoms with Gasteiger partial charge in [-0.2, -0.15) is 11.8 Å². The lowest BCUT2D eigenvalue weighted by Gasteiger charge is -2.11. The van der Waals surface area contributed by atoms with Crippen molar-refractivity contribution in [3.63, 3.8) is 0 Å². The molecule has 0 aromatic heterocycles. The van der Waals surface area contributed by atoms with Crippen molar-refractivity contribution < 1.29 is 9.53 Å². The maximum absolute atomic E-state index is 10.8. The molecule has 0 aliphatic heterocycles. The van der Waals surface area contributed by atoms with Gasteiger partial charge in [-0.25, -0.2) is 0 Å². The second kappa shape index (κ2) is 7.43. The molecule has 3 nitrogen and oxygen atoms in total. The van der Waals surface area contributed by atoms with E-state index in [0.29, 0.717) is 6.42 Å². The molecule has 0 rings (SSSR count). The molecule has 1 N–H and O–H groups in total. The third-order valence-corrected chi connectivity index (χ3v) is 2.11. The smallest absolute Gasteiger partial charge is 0.307 e. The standard InChI is InChI=1S/C8H17NO2S/c1-7(6-8(10)11-2)9-4-5-12-3/h7,9H,4-6H2,1-3H3. The average Bonchev–Trinajstić information content (AvgIpc) is 2.05. The number of rotatable bonds is 6. The summed E-state index contributed by atoms with van der Waals surface area (Å²) < 4.78 is 4.54. The lowest BCUT2D eigenvalue weighted by Crippen LogP contribution is -2.30. The van der Waals surface area contributed by atoms with Crippen LogP contribution in [0, 0.1) is 0 Å². The summed E-state index contributed by atoms with van der Waals surface area (Å²) in [5.41, 5.74) is 0. The van der Waals surface area contributed by atoms with E-state index in [-0.39, 0.29) is 12.0 Å². The maximum atomic E-state index is 10.8. The summed E-state index contributed by atoms with van der Waals surface area (Å²) in [5.74, 6) is 0.921. The van der Waals surface area contributed by atoms with Gasteiger partial charge in [0.2, 0.25) is 0 Å². The van der Waals surface area contributed by atoms with Crippen LogP contribution in [0.1, 0.15) is 13.3 Å². The van der Waals surface area contributed by atoms with Crippen LogP contribution in [0.15, 0.2) is 0 Å². The Labute approximate surface area is 78.2 Å². The minimum Gasteiger partial charge on any atom is -0.469 e. The molecule has 12 heavy (non-hydrogen) atoms. The van der Waals surface area contributed by atoms with Crippen LogP contribution in [-0.4, -0.2) is 37.7 Å². The topological polar surface area (TPSA) is 38.3 Å². The molecule has 0 aromatic carbocycles. The van der Waals surface area contributed by atoms with Gasteiger partial charge in [0.05, 0.1) is 13.5 Å². The van der Waals surface area contributed by atoms with E-state index in [1.54, 1.807) is 11.8 Å². The predicted molar refractivity (Wildman–Crippen MR) is 52.5 cm³/mol. The van der Waals surface area contributed by atoms with Crippen molar-refractivity contribution in [2.24, 2.45) is 0 Å². The van der Waals surface area contributed by atoms with Gasteiger partial charge in [-0.1, -0.05) is 0 Å². The number of thioether (sulfide) groups is 1. The summed E-state index contributed by atoms with van der Waals surface area (Å²) in [6.07, 6.45) is 2.51. The second-order valence-corrected chi connectivity index (χ2v) is 3.61. The SMILES string of the molecule is COC(=O)CC(C)NCCSC. The normalized spacial score (nSPS) is 12.6. The largest absolute Gasteiger partial charge is 0.469 e. The molecule has 0 amide bonds. The van der Waals surface area contributed by atoms with Gasteiger partial charge in [0.25, 0.3) is 0 Å². The number of carbonyl (C=O) groups excluding carboxylic acids is 1. The molecule has 0 bridgehead atoms. The van der Waals surface area contributed by atoms with E-state index < -0.39 is 0 Å². The highest BCUT2D eigenvalue weighted by Crippen LogP contribution is 1.94. The molecule has 1 unspecified atom stereocenters. The van der Waals surface area contributed by atoms with Crippen LogP contribution in [0.5, 0.6) is 0 Å². The fraction of sp³-hybridized carbons (Fsp3) is 0.875. The molecule has 0 fully saturated rings.